The van der Waals surface area contributed by atoms with E-state index in [1.165, 1.54) is 11.4 Å². The van der Waals surface area contributed by atoms with Crippen LogP contribution in [0.3, 0.4) is 0 Å². The second-order valence-corrected chi connectivity index (χ2v) is 6.38. The lowest BCUT2D eigenvalue weighted by Crippen LogP contribution is -2.34. The van der Waals surface area contributed by atoms with Crippen LogP contribution in [0.2, 0.25) is 0 Å². The number of benzene rings is 1. The van der Waals surface area contributed by atoms with E-state index in [1.807, 2.05) is 0 Å². The zero-order valence-electron chi connectivity index (χ0n) is 10.1. The summed E-state index contributed by atoms with van der Waals surface area (Å²) in [7, 11) is 0. The second-order valence-electron chi connectivity index (χ2n) is 5.47. The molecule has 0 amide bonds. The molecule has 2 N–H and O–H groups in total. The summed E-state index contributed by atoms with van der Waals surface area (Å²) in [4.78, 5) is 0. The van der Waals surface area contributed by atoms with Crippen LogP contribution in [-0.2, 0) is 0 Å². The van der Waals surface area contributed by atoms with Crippen molar-refractivity contribution in [2.75, 3.05) is 17.2 Å². The smallest absolute Gasteiger partial charge is 0.0589 e. The van der Waals surface area contributed by atoms with Gasteiger partial charge in [-0.2, -0.15) is 0 Å². The Morgan fingerprint density at radius 3 is 2.69 bits per heavy atom. The largest absolute Gasteiger partial charge is 0.383 e. The standard InChI is InChI=1S/C13H19BrN2/c1-13(2,3)12-6-7-15-10-5-4-9(14)8-11(10)16-12/h4-5,8,12,15-16H,6-7H2,1-3H3. The molecule has 1 aromatic carbocycles. The van der Waals surface area contributed by atoms with Crippen LogP contribution in [0, 0.1) is 5.41 Å². The molecule has 16 heavy (non-hydrogen) atoms. The van der Waals surface area contributed by atoms with Crippen molar-refractivity contribution in [2.45, 2.75) is 33.2 Å². The van der Waals surface area contributed by atoms with Crippen molar-refractivity contribution in [1.29, 1.82) is 0 Å². The van der Waals surface area contributed by atoms with Crippen molar-refractivity contribution < 1.29 is 0 Å². The van der Waals surface area contributed by atoms with Crippen molar-refractivity contribution >= 4 is 27.3 Å². The van der Waals surface area contributed by atoms with E-state index >= 15 is 0 Å². The number of anilines is 2. The van der Waals surface area contributed by atoms with Crippen molar-refractivity contribution in [1.82, 2.24) is 0 Å². The van der Waals surface area contributed by atoms with Gasteiger partial charge in [-0.15, -0.1) is 0 Å². The normalized spacial score (nSPS) is 20.4. The fraction of sp³-hybridized carbons (Fsp3) is 0.538. The summed E-state index contributed by atoms with van der Waals surface area (Å²) in [6.07, 6.45) is 1.15. The summed E-state index contributed by atoms with van der Waals surface area (Å²) in [6.45, 7) is 7.89. The third-order valence-electron chi connectivity index (χ3n) is 3.11. The summed E-state index contributed by atoms with van der Waals surface area (Å²) in [5.41, 5.74) is 2.69. The molecule has 0 aromatic heterocycles. The monoisotopic (exact) mass is 282 g/mol. The molecule has 0 spiro atoms. The van der Waals surface area contributed by atoms with Crippen LogP contribution in [0.5, 0.6) is 0 Å². The van der Waals surface area contributed by atoms with Gasteiger partial charge in [-0.25, -0.2) is 0 Å². The van der Waals surface area contributed by atoms with Crippen molar-refractivity contribution in [3.8, 4) is 0 Å². The minimum absolute atomic E-state index is 0.283. The molecule has 0 radical (unpaired) electrons. The maximum absolute atomic E-state index is 3.65. The Morgan fingerprint density at radius 1 is 1.25 bits per heavy atom. The van der Waals surface area contributed by atoms with Crippen molar-refractivity contribution in [2.24, 2.45) is 5.41 Å². The fourth-order valence-corrected chi connectivity index (χ4v) is 2.41. The van der Waals surface area contributed by atoms with E-state index in [1.54, 1.807) is 0 Å². The number of hydrogen-bond donors (Lipinski definition) is 2. The molecule has 2 rings (SSSR count). The van der Waals surface area contributed by atoms with Gasteiger partial charge >= 0.3 is 0 Å². The SMILES string of the molecule is CC(C)(C)C1CCNc2ccc(Br)cc2N1. The van der Waals surface area contributed by atoms with E-state index in [-0.39, 0.29) is 5.41 Å². The Bertz CT molecular complexity index is 382. The Labute approximate surface area is 106 Å². The third-order valence-corrected chi connectivity index (χ3v) is 3.60. The first-order valence-corrected chi connectivity index (χ1v) is 6.56. The quantitative estimate of drug-likeness (QED) is 0.749. The van der Waals surface area contributed by atoms with E-state index in [2.05, 4.69) is 65.5 Å². The van der Waals surface area contributed by atoms with E-state index < -0.39 is 0 Å². The molecule has 1 aromatic rings. The molecule has 1 aliphatic rings. The first kappa shape index (κ1) is 11.8. The van der Waals surface area contributed by atoms with Gasteiger partial charge < -0.3 is 10.6 Å². The third kappa shape index (κ3) is 2.51. The van der Waals surface area contributed by atoms with E-state index in [9.17, 15) is 0 Å². The molecule has 0 saturated carbocycles. The summed E-state index contributed by atoms with van der Waals surface area (Å²) in [5, 5.41) is 7.12. The molecule has 3 heteroatoms. The molecule has 0 saturated heterocycles. The molecule has 88 valence electrons. The predicted octanol–water partition coefficient (Wildman–Crippen LogP) is 4.09. The van der Waals surface area contributed by atoms with Crippen LogP contribution < -0.4 is 10.6 Å². The lowest BCUT2D eigenvalue weighted by molar-refractivity contribution is 0.332. The van der Waals surface area contributed by atoms with Crippen LogP contribution >= 0.6 is 15.9 Å². The number of rotatable bonds is 0. The lowest BCUT2D eigenvalue weighted by atomic mass is 9.85. The van der Waals surface area contributed by atoms with Crippen LogP contribution in [-0.4, -0.2) is 12.6 Å². The first-order chi connectivity index (χ1) is 7.47. The van der Waals surface area contributed by atoms with Crippen molar-refractivity contribution in [3.63, 3.8) is 0 Å². The van der Waals surface area contributed by atoms with Gasteiger partial charge in [0.2, 0.25) is 0 Å². The van der Waals surface area contributed by atoms with Crippen molar-refractivity contribution in [3.05, 3.63) is 22.7 Å². The molecule has 1 heterocycles. The zero-order valence-corrected chi connectivity index (χ0v) is 11.7. The highest BCUT2D eigenvalue weighted by atomic mass is 79.9. The highest BCUT2D eigenvalue weighted by molar-refractivity contribution is 9.10. The van der Waals surface area contributed by atoms with Gasteiger partial charge in [0.15, 0.2) is 0 Å². The van der Waals surface area contributed by atoms with E-state index in [0.717, 1.165) is 17.4 Å². The molecule has 2 nitrogen and oxygen atoms in total. The van der Waals surface area contributed by atoms with Gasteiger partial charge in [0.25, 0.3) is 0 Å². The topological polar surface area (TPSA) is 24.1 Å². The summed E-state index contributed by atoms with van der Waals surface area (Å²) in [5.74, 6) is 0. The highest BCUT2D eigenvalue weighted by Gasteiger charge is 2.26. The molecular formula is C13H19BrN2. The Hall–Kier alpha value is -0.700. The van der Waals surface area contributed by atoms with E-state index in [0.29, 0.717) is 6.04 Å². The lowest BCUT2D eigenvalue weighted by Gasteiger charge is -2.31. The number of fused-ring (bicyclic) bond motifs is 1. The molecule has 1 unspecified atom stereocenters. The predicted molar refractivity (Wildman–Crippen MR) is 74.1 cm³/mol. The summed E-state index contributed by atoms with van der Waals surface area (Å²) >= 11 is 3.52. The van der Waals surface area contributed by atoms with Gasteiger partial charge in [-0.1, -0.05) is 36.7 Å². The number of halogens is 1. The van der Waals surface area contributed by atoms with Gasteiger partial charge in [0.1, 0.15) is 0 Å². The van der Waals surface area contributed by atoms with Crippen LogP contribution in [0.15, 0.2) is 22.7 Å². The van der Waals surface area contributed by atoms with Gasteiger partial charge in [-0.05, 0) is 30.0 Å². The van der Waals surface area contributed by atoms with Gasteiger partial charge in [-0.3, -0.25) is 0 Å². The van der Waals surface area contributed by atoms with Gasteiger partial charge in [0.05, 0.1) is 11.4 Å². The van der Waals surface area contributed by atoms with Gasteiger partial charge in [0, 0.05) is 17.1 Å². The minimum Gasteiger partial charge on any atom is -0.383 e. The molecule has 1 aliphatic heterocycles. The maximum Gasteiger partial charge on any atom is 0.0589 e. The average Bonchev–Trinajstić information content (AvgIpc) is 2.38. The van der Waals surface area contributed by atoms with Crippen LogP contribution in [0.25, 0.3) is 0 Å². The average molecular weight is 283 g/mol. The van der Waals surface area contributed by atoms with Crippen LogP contribution in [0.1, 0.15) is 27.2 Å². The number of hydrogen-bond acceptors (Lipinski definition) is 2. The molecule has 0 fully saturated rings. The summed E-state index contributed by atoms with van der Waals surface area (Å²) in [6, 6.07) is 6.85. The second kappa shape index (κ2) is 4.28. The number of nitrogens with one attached hydrogen (secondary N) is 2. The molecular weight excluding hydrogens is 264 g/mol. The highest BCUT2D eigenvalue weighted by Crippen LogP contribution is 2.33. The Morgan fingerprint density at radius 2 is 2.00 bits per heavy atom. The first-order valence-electron chi connectivity index (χ1n) is 5.77. The van der Waals surface area contributed by atoms with E-state index in [4.69, 9.17) is 0 Å². The summed E-state index contributed by atoms with van der Waals surface area (Å²) < 4.78 is 1.12. The fourth-order valence-electron chi connectivity index (χ4n) is 2.05. The Balaban J connectivity index is 2.29. The molecule has 0 aliphatic carbocycles. The minimum atomic E-state index is 0.283. The maximum atomic E-state index is 3.65. The molecule has 0 bridgehead atoms. The van der Waals surface area contributed by atoms with Crippen LogP contribution in [0.4, 0.5) is 11.4 Å². The molecule has 1 atom stereocenters. The zero-order chi connectivity index (χ0) is 11.8. The Kier molecular flexibility index (Phi) is 3.15.